The van der Waals surface area contributed by atoms with E-state index >= 15 is 0 Å². The lowest BCUT2D eigenvalue weighted by Crippen LogP contribution is -2.39. The Morgan fingerprint density at radius 3 is 2.29 bits per heavy atom. The van der Waals surface area contributed by atoms with E-state index in [1.165, 1.54) is 0 Å². The SMILES string of the molecule is NC1CCN(c2ccc(OC(F)F)cc2)CC1. The first-order chi connectivity index (χ1) is 8.15. The fourth-order valence-electron chi connectivity index (χ4n) is 2.00. The smallest absolute Gasteiger partial charge is 0.387 e. The fraction of sp³-hybridized carbons (Fsp3) is 0.500. The van der Waals surface area contributed by atoms with E-state index in [-0.39, 0.29) is 11.8 Å². The summed E-state index contributed by atoms with van der Waals surface area (Å²) in [5.41, 5.74) is 6.85. The van der Waals surface area contributed by atoms with Crippen LogP contribution in [0.1, 0.15) is 12.8 Å². The van der Waals surface area contributed by atoms with Gasteiger partial charge in [0.2, 0.25) is 0 Å². The summed E-state index contributed by atoms with van der Waals surface area (Å²) in [6, 6.07) is 7.02. The molecule has 0 saturated carbocycles. The molecule has 17 heavy (non-hydrogen) atoms. The van der Waals surface area contributed by atoms with E-state index in [4.69, 9.17) is 5.73 Å². The Morgan fingerprint density at radius 2 is 1.76 bits per heavy atom. The maximum atomic E-state index is 12.0. The molecule has 3 nitrogen and oxygen atoms in total. The number of hydrogen-bond donors (Lipinski definition) is 1. The average molecular weight is 242 g/mol. The second kappa shape index (κ2) is 5.31. The molecule has 1 aliphatic rings. The standard InChI is InChI=1S/C12H16F2N2O/c13-12(14)17-11-3-1-10(2-4-11)16-7-5-9(15)6-8-16/h1-4,9,12H,5-8,15H2. The number of benzene rings is 1. The van der Waals surface area contributed by atoms with Crippen LogP contribution in [0.5, 0.6) is 5.75 Å². The lowest BCUT2D eigenvalue weighted by Gasteiger charge is -2.32. The van der Waals surface area contributed by atoms with Crippen molar-refractivity contribution in [3.8, 4) is 5.75 Å². The van der Waals surface area contributed by atoms with Gasteiger partial charge < -0.3 is 15.4 Å². The number of rotatable bonds is 3. The highest BCUT2D eigenvalue weighted by Gasteiger charge is 2.16. The Kier molecular flexibility index (Phi) is 3.78. The minimum absolute atomic E-state index is 0.192. The van der Waals surface area contributed by atoms with E-state index in [1.807, 2.05) is 0 Å². The zero-order chi connectivity index (χ0) is 12.3. The van der Waals surface area contributed by atoms with Crippen LogP contribution >= 0.6 is 0 Å². The number of halogens is 2. The third kappa shape index (κ3) is 3.30. The molecule has 1 saturated heterocycles. The van der Waals surface area contributed by atoms with Crippen molar-refractivity contribution in [2.24, 2.45) is 5.73 Å². The van der Waals surface area contributed by atoms with Crippen molar-refractivity contribution in [3.63, 3.8) is 0 Å². The number of piperidine rings is 1. The van der Waals surface area contributed by atoms with Gasteiger partial charge >= 0.3 is 6.61 Å². The monoisotopic (exact) mass is 242 g/mol. The molecule has 0 aromatic heterocycles. The van der Waals surface area contributed by atoms with E-state index in [0.717, 1.165) is 31.6 Å². The van der Waals surface area contributed by atoms with Crippen LogP contribution in [0.2, 0.25) is 0 Å². The summed E-state index contributed by atoms with van der Waals surface area (Å²) in [5, 5.41) is 0. The maximum absolute atomic E-state index is 12.0. The number of nitrogens with zero attached hydrogens (tertiary/aromatic N) is 1. The third-order valence-corrected chi connectivity index (χ3v) is 2.97. The molecule has 5 heteroatoms. The molecule has 1 aliphatic heterocycles. The highest BCUT2D eigenvalue weighted by Crippen LogP contribution is 2.23. The minimum Gasteiger partial charge on any atom is -0.435 e. The quantitative estimate of drug-likeness (QED) is 0.883. The van der Waals surface area contributed by atoms with Gasteiger partial charge in [-0.3, -0.25) is 0 Å². The van der Waals surface area contributed by atoms with Gasteiger partial charge in [-0.1, -0.05) is 0 Å². The summed E-state index contributed by atoms with van der Waals surface area (Å²) in [6.45, 7) is -0.944. The molecule has 0 atom stereocenters. The van der Waals surface area contributed by atoms with Crippen molar-refractivity contribution in [1.29, 1.82) is 0 Å². The Hall–Kier alpha value is -1.36. The first kappa shape index (κ1) is 12.1. The molecule has 2 rings (SSSR count). The van der Waals surface area contributed by atoms with E-state index < -0.39 is 6.61 Å². The van der Waals surface area contributed by atoms with Gasteiger partial charge in [0, 0.05) is 24.8 Å². The van der Waals surface area contributed by atoms with E-state index in [1.54, 1.807) is 24.3 Å². The predicted molar refractivity (Wildman–Crippen MR) is 62.5 cm³/mol. The summed E-state index contributed by atoms with van der Waals surface area (Å²) in [6.07, 6.45) is 1.94. The second-order valence-corrected chi connectivity index (χ2v) is 4.20. The molecule has 0 spiro atoms. The fourth-order valence-corrected chi connectivity index (χ4v) is 2.00. The Balaban J connectivity index is 1.97. The molecule has 0 aliphatic carbocycles. The van der Waals surface area contributed by atoms with Crippen LogP contribution in [0, 0.1) is 0 Å². The van der Waals surface area contributed by atoms with Gasteiger partial charge in [-0.2, -0.15) is 8.78 Å². The second-order valence-electron chi connectivity index (χ2n) is 4.20. The van der Waals surface area contributed by atoms with Crippen molar-refractivity contribution in [3.05, 3.63) is 24.3 Å². The lowest BCUT2D eigenvalue weighted by atomic mass is 10.1. The highest BCUT2D eigenvalue weighted by atomic mass is 19.3. The molecule has 0 unspecified atom stereocenters. The molecule has 1 aromatic carbocycles. The number of alkyl halides is 2. The molecular weight excluding hydrogens is 226 g/mol. The van der Waals surface area contributed by atoms with Crippen molar-refractivity contribution < 1.29 is 13.5 Å². The third-order valence-electron chi connectivity index (χ3n) is 2.97. The van der Waals surface area contributed by atoms with Crippen LogP contribution in [0.25, 0.3) is 0 Å². The molecule has 0 amide bonds. The van der Waals surface area contributed by atoms with Gasteiger partial charge in [0.05, 0.1) is 0 Å². The van der Waals surface area contributed by atoms with E-state index in [0.29, 0.717) is 0 Å². The Labute approximate surface area is 99.2 Å². The topological polar surface area (TPSA) is 38.5 Å². The number of nitrogens with two attached hydrogens (primary N) is 1. The van der Waals surface area contributed by atoms with Gasteiger partial charge in [-0.05, 0) is 37.1 Å². The molecule has 2 N–H and O–H groups in total. The van der Waals surface area contributed by atoms with Gasteiger partial charge in [0.15, 0.2) is 0 Å². The van der Waals surface area contributed by atoms with Crippen molar-refractivity contribution in [2.75, 3.05) is 18.0 Å². The number of anilines is 1. The van der Waals surface area contributed by atoms with E-state index in [9.17, 15) is 8.78 Å². The summed E-state index contributed by atoms with van der Waals surface area (Å²) >= 11 is 0. The Morgan fingerprint density at radius 1 is 1.18 bits per heavy atom. The largest absolute Gasteiger partial charge is 0.435 e. The Bertz CT molecular complexity index is 348. The van der Waals surface area contributed by atoms with Crippen LogP contribution in [0.3, 0.4) is 0 Å². The maximum Gasteiger partial charge on any atom is 0.387 e. The molecule has 0 radical (unpaired) electrons. The number of hydrogen-bond acceptors (Lipinski definition) is 3. The zero-order valence-electron chi connectivity index (χ0n) is 9.48. The van der Waals surface area contributed by atoms with Crippen molar-refractivity contribution >= 4 is 5.69 Å². The van der Waals surface area contributed by atoms with Gasteiger partial charge in [0.1, 0.15) is 5.75 Å². The first-order valence-electron chi connectivity index (χ1n) is 5.70. The molecule has 1 aromatic rings. The summed E-state index contributed by atoms with van der Waals surface area (Å²) in [5.74, 6) is 0.192. The summed E-state index contributed by atoms with van der Waals surface area (Å²) < 4.78 is 28.2. The van der Waals surface area contributed by atoms with Crippen molar-refractivity contribution in [1.82, 2.24) is 0 Å². The molecule has 1 fully saturated rings. The minimum atomic E-state index is -2.77. The molecule has 1 heterocycles. The van der Waals surface area contributed by atoms with Gasteiger partial charge in [0.25, 0.3) is 0 Å². The van der Waals surface area contributed by atoms with Gasteiger partial charge in [-0.15, -0.1) is 0 Å². The zero-order valence-corrected chi connectivity index (χ0v) is 9.48. The summed E-state index contributed by atoms with van der Waals surface area (Å²) in [4.78, 5) is 2.20. The number of ether oxygens (including phenoxy) is 1. The van der Waals surface area contributed by atoms with Crippen LogP contribution < -0.4 is 15.4 Å². The van der Waals surface area contributed by atoms with Crippen LogP contribution in [0.15, 0.2) is 24.3 Å². The van der Waals surface area contributed by atoms with Crippen LogP contribution in [0.4, 0.5) is 14.5 Å². The first-order valence-corrected chi connectivity index (χ1v) is 5.70. The van der Waals surface area contributed by atoms with Gasteiger partial charge in [-0.25, -0.2) is 0 Å². The molecular formula is C12H16F2N2O. The lowest BCUT2D eigenvalue weighted by molar-refractivity contribution is -0.0498. The molecule has 0 bridgehead atoms. The van der Waals surface area contributed by atoms with E-state index in [2.05, 4.69) is 9.64 Å². The molecule has 94 valence electrons. The van der Waals surface area contributed by atoms with Crippen LogP contribution in [-0.2, 0) is 0 Å². The normalized spacial score (nSPS) is 17.5. The van der Waals surface area contributed by atoms with Crippen molar-refractivity contribution in [2.45, 2.75) is 25.5 Å². The highest BCUT2D eigenvalue weighted by molar-refractivity contribution is 5.49. The predicted octanol–water partition coefficient (Wildman–Crippen LogP) is 2.22. The van der Waals surface area contributed by atoms with Crippen LogP contribution in [-0.4, -0.2) is 25.7 Å². The summed E-state index contributed by atoms with van der Waals surface area (Å²) in [7, 11) is 0. The average Bonchev–Trinajstić information content (AvgIpc) is 2.30.